The Labute approximate surface area is 144 Å². The van der Waals surface area contributed by atoms with Crippen molar-refractivity contribution in [2.45, 2.75) is 38.9 Å². The van der Waals surface area contributed by atoms with Crippen LogP contribution in [0.5, 0.6) is 0 Å². The molecule has 3 aliphatic rings. The van der Waals surface area contributed by atoms with Crippen LogP contribution in [0.1, 0.15) is 26.7 Å². The number of nitrogens with zero attached hydrogens (tertiary/aromatic N) is 3. The molecule has 1 N–H and O–H groups in total. The molecule has 24 heavy (non-hydrogen) atoms. The van der Waals surface area contributed by atoms with E-state index in [9.17, 15) is 9.59 Å². The molecule has 2 atom stereocenters. The highest BCUT2D eigenvalue weighted by molar-refractivity contribution is 5.96. The summed E-state index contributed by atoms with van der Waals surface area (Å²) in [6.07, 6.45) is 2.88. The molecule has 7 heteroatoms. The standard InChI is InChI=1S/C17H30N4O3/c1-13-9-20(10-14(2)24-13)11-15-3-6-19(7-4-15)12-16(22)21-8-5-18-17(21)23/h13-15H,3-12H2,1-2H3,(H,18,23)/t13-,14+. The smallest absolute Gasteiger partial charge is 0.324 e. The topological polar surface area (TPSA) is 65.1 Å². The van der Waals surface area contributed by atoms with E-state index in [4.69, 9.17) is 4.74 Å². The normalized spacial score (nSPS) is 30.6. The molecule has 3 aliphatic heterocycles. The third-order valence-corrected chi connectivity index (χ3v) is 5.24. The molecular weight excluding hydrogens is 308 g/mol. The monoisotopic (exact) mass is 338 g/mol. The summed E-state index contributed by atoms with van der Waals surface area (Å²) in [5, 5.41) is 2.68. The highest BCUT2D eigenvalue weighted by atomic mass is 16.5. The van der Waals surface area contributed by atoms with Crippen LogP contribution >= 0.6 is 0 Å². The second kappa shape index (κ2) is 7.80. The van der Waals surface area contributed by atoms with Crippen LogP contribution in [0.3, 0.4) is 0 Å². The van der Waals surface area contributed by atoms with Crippen molar-refractivity contribution in [2.24, 2.45) is 5.92 Å². The van der Waals surface area contributed by atoms with E-state index < -0.39 is 0 Å². The molecule has 3 saturated heterocycles. The molecule has 0 radical (unpaired) electrons. The Kier molecular flexibility index (Phi) is 5.73. The minimum atomic E-state index is -0.245. The van der Waals surface area contributed by atoms with E-state index >= 15 is 0 Å². The van der Waals surface area contributed by atoms with Gasteiger partial charge in [-0.2, -0.15) is 0 Å². The van der Waals surface area contributed by atoms with Crippen LogP contribution in [0.25, 0.3) is 0 Å². The lowest BCUT2D eigenvalue weighted by atomic mass is 9.95. The molecular formula is C17H30N4O3. The first kappa shape index (κ1) is 17.6. The number of carbonyl (C=O) groups excluding carboxylic acids is 2. The van der Waals surface area contributed by atoms with Crippen LogP contribution in [0.4, 0.5) is 4.79 Å². The number of hydrogen-bond donors (Lipinski definition) is 1. The zero-order valence-electron chi connectivity index (χ0n) is 14.9. The largest absolute Gasteiger partial charge is 0.373 e. The average molecular weight is 338 g/mol. The van der Waals surface area contributed by atoms with Gasteiger partial charge in [0.05, 0.1) is 18.8 Å². The zero-order valence-corrected chi connectivity index (χ0v) is 14.9. The summed E-state index contributed by atoms with van der Waals surface area (Å²) in [7, 11) is 0. The van der Waals surface area contributed by atoms with Gasteiger partial charge in [-0.3, -0.25) is 19.5 Å². The molecule has 0 aromatic heterocycles. The van der Waals surface area contributed by atoms with Crippen molar-refractivity contribution in [2.75, 3.05) is 52.4 Å². The van der Waals surface area contributed by atoms with Gasteiger partial charge in [-0.1, -0.05) is 0 Å². The lowest BCUT2D eigenvalue weighted by Crippen LogP contribution is -2.49. The molecule has 136 valence electrons. The SMILES string of the molecule is C[C@@H]1CN(CC2CCN(CC(=O)N3CCNC3=O)CC2)C[C@H](C)O1. The second-order valence-corrected chi connectivity index (χ2v) is 7.47. The van der Waals surface area contributed by atoms with Crippen LogP contribution < -0.4 is 5.32 Å². The maximum atomic E-state index is 12.2. The summed E-state index contributed by atoms with van der Waals surface area (Å²) in [5.41, 5.74) is 0. The first-order valence-electron chi connectivity index (χ1n) is 9.19. The van der Waals surface area contributed by atoms with E-state index in [2.05, 4.69) is 29.0 Å². The van der Waals surface area contributed by atoms with Gasteiger partial charge in [0.1, 0.15) is 0 Å². The number of urea groups is 1. The lowest BCUT2D eigenvalue weighted by molar-refractivity contribution is -0.129. The third-order valence-electron chi connectivity index (χ3n) is 5.24. The molecule has 0 aromatic carbocycles. The van der Waals surface area contributed by atoms with Crippen LogP contribution in [-0.2, 0) is 9.53 Å². The summed E-state index contributed by atoms with van der Waals surface area (Å²) in [4.78, 5) is 29.8. The van der Waals surface area contributed by atoms with E-state index in [0.717, 1.165) is 45.6 Å². The van der Waals surface area contributed by atoms with Crippen LogP contribution in [0, 0.1) is 5.92 Å². The first-order chi connectivity index (χ1) is 11.5. The number of carbonyl (C=O) groups is 2. The maximum absolute atomic E-state index is 12.2. The molecule has 3 fully saturated rings. The van der Waals surface area contributed by atoms with Crippen molar-refractivity contribution in [3.63, 3.8) is 0 Å². The van der Waals surface area contributed by atoms with Crippen molar-refractivity contribution in [1.29, 1.82) is 0 Å². The number of morpholine rings is 1. The van der Waals surface area contributed by atoms with Gasteiger partial charge in [0.15, 0.2) is 0 Å². The highest BCUT2D eigenvalue weighted by Gasteiger charge is 2.30. The number of imide groups is 1. The van der Waals surface area contributed by atoms with E-state index in [1.165, 1.54) is 4.90 Å². The summed E-state index contributed by atoms with van der Waals surface area (Å²) < 4.78 is 5.80. The van der Waals surface area contributed by atoms with Gasteiger partial charge in [0.2, 0.25) is 5.91 Å². The van der Waals surface area contributed by atoms with Crippen molar-refractivity contribution >= 4 is 11.9 Å². The number of nitrogens with one attached hydrogen (secondary N) is 1. The zero-order chi connectivity index (χ0) is 17.1. The van der Waals surface area contributed by atoms with Crippen LogP contribution in [0.15, 0.2) is 0 Å². The third kappa shape index (κ3) is 4.46. The van der Waals surface area contributed by atoms with Gasteiger partial charge in [-0.25, -0.2) is 4.79 Å². The van der Waals surface area contributed by atoms with E-state index in [1.54, 1.807) is 0 Å². The number of likely N-dealkylation sites (tertiary alicyclic amines) is 1. The molecule has 0 bridgehead atoms. The molecule has 0 saturated carbocycles. The summed E-state index contributed by atoms with van der Waals surface area (Å²) >= 11 is 0. The fraction of sp³-hybridized carbons (Fsp3) is 0.882. The molecule has 3 amide bonds. The van der Waals surface area contributed by atoms with Gasteiger partial charge >= 0.3 is 6.03 Å². The van der Waals surface area contributed by atoms with Crippen molar-refractivity contribution in [3.05, 3.63) is 0 Å². The molecule has 0 aromatic rings. The Morgan fingerprint density at radius 3 is 2.38 bits per heavy atom. The molecule has 7 nitrogen and oxygen atoms in total. The van der Waals surface area contributed by atoms with Crippen molar-refractivity contribution < 1.29 is 14.3 Å². The maximum Gasteiger partial charge on any atom is 0.324 e. The Balaban J connectivity index is 1.39. The van der Waals surface area contributed by atoms with Crippen molar-refractivity contribution in [3.8, 4) is 0 Å². The van der Waals surface area contributed by atoms with Gasteiger partial charge in [-0.05, 0) is 45.7 Å². The second-order valence-electron chi connectivity index (χ2n) is 7.47. The predicted molar refractivity (Wildman–Crippen MR) is 90.7 cm³/mol. The Morgan fingerprint density at radius 2 is 1.79 bits per heavy atom. The summed E-state index contributed by atoms with van der Waals surface area (Å²) in [6.45, 7) is 10.8. The minimum absolute atomic E-state index is 0.0701. The van der Waals surface area contributed by atoms with Crippen LogP contribution in [0.2, 0.25) is 0 Å². The first-order valence-corrected chi connectivity index (χ1v) is 9.19. The summed E-state index contributed by atoms with van der Waals surface area (Å²) in [6, 6.07) is -0.245. The number of hydrogen-bond acceptors (Lipinski definition) is 5. The van der Waals surface area contributed by atoms with E-state index in [-0.39, 0.29) is 11.9 Å². The van der Waals surface area contributed by atoms with E-state index in [1.807, 2.05) is 0 Å². The molecule has 3 heterocycles. The lowest BCUT2D eigenvalue weighted by Gasteiger charge is -2.39. The molecule has 0 spiro atoms. The number of amides is 3. The minimum Gasteiger partial charge on any atom is -0.373 e. The average Bonchev–Trinajstić information content (AvgIpc) is 2.94. The molecule has 0 aliphatic carbocycles. The van der Waals surface area contributed by atoms with Gasteiger partial charge in [0, 0.05) is 32.7 Å². The Morgan fingerprint density at radius 1 is 1.12 bits per heavy atom. The fourth-order valence-electron chi connectivity index (χ4n) is 4.11. The van der Waals surface area contributed by atoms with Gasteiger partial charge < -0.3 is 10.1 Å². The summed E-state index contributed by atoms with van der Waals surface area (Å²) in [5.74, 6) is 0.628. The van der Waals surface area contributed by atoms with Crippen molar-refractivity contribution in [1.82, 2.24) is 20.0 Å². The Hall–Kier alpha value is -1.18. The van der Waals surface area contributed by atoms with Gasteiger partial charge in [-0.15, -0.1) is 0 Å². The molecule has 0 unspecified atom stereocenters. The number of rotatable bonds is 4. The van der Waals surface area contributed by atoms with E-state index in [0.29, 0.717) is 37.8 Å². The number of piperidine rings is 1. The predicted octanol–water partition coefficient (Wildman–Crippen LogP) is 0.359. The quantitative estimate of drug-likeness (QED) is 0.802. The Bertz CT molecular complexity index is 455. The highest BCUT2D eigenvalue weighted by Crippen LogP contribution is 2.21. The van der Waals surface area contributed by atoms with Gasteiger partial charge in [0.25, 0.3) is 0 Å². The van der Waals surface area contributed by atoms with Crippen LogP contribution in [-0.4, -0.2) is 91.2 Å². The fourth-order valence-corrected chi connectivity index (χ4v) is 4.11. The molecule has 3 rings (SSSR count). The number of ether oxygens (including phenoxy) is 1.